The summed E-state index contributed by atoms with van der Waals surface area (Å²) in [6, 6.07) is 7.90. The van der Waals surface area contributed by atoms with Gasteiger partial charge >= 0.3 is 12.3 Å². The smallest absolute Gasteiger partial charge is 0.435 e. The first-order valence-electron chi connectivity index (χ1n) is 10.1. The van der Waals surface area contributed by atoms with Crippen LogP contribution in [-0.4, -0.2) is 53.3 Å². The maximum atomic E-state index is 14.2. The summed E-state index contributed by atoms with van der Waals surface area (Å²) in [6.07, 6.45) is -7.93. The van der Waals surface area contributed by atoms with Crippen molar-refractivity contribution in [1.29, 1.82) is 0 Å². The first-order valence-corrected chi connectivity index (χ1v) is 10.9. The van der Waals surface area contributed by atoms with E-state index in [-0.39, 0.29) is 40.0 Å². The van der Waals surface area contributed by atoms with Gasteiger partial charge in [-0.1, -0.05) is 34.4 Å². The van der Waals surface area contributed by atoms with Crippen molar-refractivity contribution < 1.29 is 37.8 Å². The third kappa shape index (κ3) is 5.98. The highest BCUT2D eigenvalue weighted by atomic mass is 35.5. The summed E-state index contributed by atoms with van der Waals surface area (Å²) >= 11 is 11.8. The normalized spacial score (nSPS) is 18.4. The summed E-state index contributed by atoms with van der Waals surface area (Å²) in [5, 5.41) is 26.4. The molecule has 0 bridgehead atoms. The molecule has 4 N–H and O–H groups in total. The van der Waals surface area contributed by atoms with Crippen LogP contribution in [0.3, 0.4) is 0 Å². The number of nitrogens with one attached hydrogen (secondary N) is 2. The molecule has 2 aromatic carbocycles. The van der Waals surface area contributed by atoms with Gasteiger partial charge in [0.05, 0.1) is 11.8 Å². The van der Waals surface area contributed by atoms with Crippen LogP contribution in [0.2, 0.25) is 10.0 Å². The summed E-state index contributed by atoms with van der Waals surface area (Å²) in [7, 11) is 0. The zero-order valence-corrected chi connectivity index (χ0v) is 19.6. The molecule has 0 aliphatic carbocycles. The van der Waals surface area contributed by atoms with Crippen LogP contribution in [0.4, 0.5) is 18.0 Å². The van der Waals surface area contributed by atoms with Gasteiger partial charge in [0.2, 0.25) is 0 Å². The van der Waals surface area contributed by atoms with E-state index in [1.807, 2.05) is 5.32 Å². The molecule has 0 saturated heterocycles. The van der Waals surface area contributed by atoms with Gasteiger partial charge in [-0.15, -0.1) is 0 Å². The Hall–Kier alpha value is -3.02. The molecule has 1 heterocycles. The minimum atomic E-state index is -4.84. The number of oxime groups is 1. The van der Waals surface area contributed by atoms with E-state index in [4.69, 9.17) is 33.1 Å². The summed E-state index contributed by atoms with van der Waals surface area (Å²) in [5.41, 5.74) is -2.06. The van der Waals surface area contributed by atoms with Gasteiger partial charge in [0.25, 0.3) is 11.5 Å². The Morgan fingerprint density at radius 2 is 1.77 bits per heavy atom. The van der Waals surface area contributed by atoms with E-state index >= 15 is 0 Å². The van der Waals surface area contributed by atoms with Crippen LogP contribution in [0.15, 0.2) is 41.6 Å². The van der Waals surface area contributed by atoms with Gasteiger partial charge < -0.3 is 25.7 Å². The van der Waals surface area contributed by atoms with Crippen molar-refractivity contribution >= 4 is 40.9 Å². The fourth-order valence-electron chi connectivity index (χ4n) is 3.53. The monoisotopic (exact) mass is 533 g/mol. The van der Waals surface area contributed by atoms with E-state index in [0.29, 0.717) is 11.1 Å². The second-order valence-electron chi connectivity index (χ2n) is 7.87. The zero-order chi connectivity index (χ0) is 26.0. The highest BCUT2D eigenvalue weighted by molar-refractivity contribution is 6.34. The number of alkyl halides is 3. The molecule has 1 aliphatic heterocycles. The van der Waals surface area contributed by atoms with E-state index in [1.54, 1.807) is 6.92 Å². The van der Waals surface area contributed by atoms with Gasteiger partial charge in [-0.3, -0.25) is 4.79 Å². The quantitative estimate of drug-likeness (QED) is 0.424. The maximum absolute atomic E-state index is 14.2. The van der Waals surface area contributed by atoms with Crippen molar-refractivity contribution in [1.82, 2.24) is 10.6 Å². The molecule has 13 heteroatoms. The topological polar surface area (TPSA) is 120 Å². The summed E-state index contributed by atoms with van der Waals surface area (Å²) < 4.78 is 42.5. The number of aliphatic hydroxyl groups is 1. The van der Waals surface area contributed by atoms with Gasteiger partial charge in [-0.25, -0.2) is 4.79 Å². The molecule has 1 aliphatic rings. The van der Waals surface area contributed by atoms with Crippen LogP contribution < -0.4 is 10.6 Å². The highest BCUT2D eigenvalue weighted by Gasteiger charge is 2.62. The minimum Gasteiger partial charge on any atom is -0.465 e. The SMILES string of the molecule is Cc1cc(C2=NOC(c3cc(Cl)cc(Cl)c3)(C(F)(F)F)C2)ccc1C(=O)NCC(O)CNC(=O)O. The summed E-state index contributed by atoms with van der Waals surface area (Å²) in [5.74, 6) is -0.550. The van der Waals surface area contributed by atoms with Gasteiger partial charge in [0, 0.05) is 40.7 Å². The molecule has 2 aromatic rings. The molecule has 0 spiro atoms. The number of halogens is 5. The maximum Gasteiger partial charge on any atom is 0.435 e. The highest BCUT2D eigenvalue weighted by Crippen LogP contribution is 2.49. The zero-order valence-electron chi connectivity index (χ0n) is 18.1. The first kappa shape index (κ1) is 26.6. The lowest BCUT2D eigenvalue weighted by atomic mass is 9.86. The van der Waals surface area contributed by atoms with Crippen molar-refractivity contribution in [3.05, 3.63) is 68.7 Å². The second kappa shape index (κ2) is 10.3. The van der Waals surface area contributed by atoms with Crippen LogP contribution in [0.25, 0.3) is 0 Å². The van der Waals surface area contributed by atoms with Gasteiger partial charge in [0.15, 0.2) is 0 Å². The average Bonchev–Trinajstić information content (AvgIpc) is 3.22. The Labute approximate surface area is 207 Å². The van der Waals surface area contributed by atoms with E-state index in [1.165, 1.54) is 24.3 Å². The Morgan fingerprint density at radius 1 is 1.14 bits per heavy atom. The van der Waals surface area contributed by atoms with Crippen molar-refractivity contribution in [2.75, 3.05) is 13.1 Å². The molecule has 188 valence electrons. The van der Waals surface area contributed by atoms with Crippen LogP contribution in [0.1, 0.15) is 33.5 Å². The van der Waals surface area contributed by atoms with E-state index in [0.717, 1.165) is 12.1 Å². The van der Waals surface area contributed by atoms with Crippen LogP contribution in [-0.2, 0) is 10.4 Å². The second-order valence-corrected chi connectivity index (χ2v) is 8.74. The number of carboxylic acid groups (broad SMARTS) is 1. The standard InChI is InChI=1S/C22H20Cl2F3N3O5/c1-11-4-12(2-3-17(11)19(32)28-9-16(31)10-29-20(33)34)18-8-21(35-30-18,22(25,26)27)13-5-14(23)7-15(24)6-13/h2-7,16,29,31H,8-10H2,1H3,(H,28,32)(H,33,34). The Kier molecular flexibility index (Phi) is 7.83. The summed E-state index contributed by atoms with van der Waals surface area (Å²) in [6.45, 7) is 1.11. The molecule has 2 unspecified atom stereocenters. The molecule has 2 amide bonds. The third-order valence-corrected chi connectivity index (χ3v) is 5.74. The number of aryl methyl sites for hydroxylation is 1. The number of rotatable bonds is 7. The average molecular weight is 534 g/mol. The molecule has 35 heavy (non-hydrogen) atoms. The largest absolute Gasteiger partial charge is 0.465 e. The third-order valence-electron chi connectivity index (χ3n) is 5.31. The predicted molar refractivity (Wildman–Crippen MR) is 122 cm³/mol. The van der Waals surface area contributed by atoms with E-state index in [9.17, 15) is 27.9 Å². The molecule has 2 atom stereocenters. The molecule has 0 fully saturated rings. The number of hydrogen-bond donors (Lipinski definition) is 4. The summed E-state index contributed by atoms with van der Waals surface area (Å²) in [4.78, 5) is 27.9. The lowest BCUT2D eigenvalue weighted by Crippen LogP contribution is -2.42. The number of nitrogens with zero attached hydrogens (tertiary/aromatic N) is 1. The predicted octanol–water partition coefficient (Wildman–Crippen LogP) is 4.24. The molecule has 0 aromatic heterocycles. The molecule has 3 rings (SSSR count). The number of benzene rings is 2. The van der Waals surface area contributed by atoms with Crippen LogP contribution in [0, 0.1) is 6.92 Å². The molecule has 0 radical (unpaired) electrons. The lowest BCUT2D eigenvalue weighted by Gasteiger charge is -2.29. The molecule has 8 nitrogen and oxygen atoms in total. The van der Waals surface area contributed by atoms with Gasteiger partial charge in [-0.2, -0.15) is 13.2 Å². The van der Waals surface area contributed by atoms with Crippen molar-refractivity contribution in [3.8, 4) is 0 Å². The van der Waals surface area contributed by atoms with Crippen molar-refractivity contribution in [3.63, 3.8) is 0 Å². The Balaban J connectivity index is 1.77. The number of carbonyl (C=O) groups is 2. The number of hydrogen-bond acceptors (Lipinski definition) is 5. The fourth-order valence-corrected chi connectivity index (χ4v) is 4.05. The van der Waals surface area contributed by atoms with Crippen molar-refractivity contribution in [2.45, 2.75) is 31.2 Å². The minimum absolute atomic E-state index is 0.0169. The van der Waals surface area contributed by atoms with Crippen LogP contribution in [0.5, 0.6) is 0 Å². The fraction of sp³-hybridized carbons (Fsp3) is 0.318. The van der Waals surface area contributed by atoms with E-state index in [2.05, 4.69) is 10.5 Å². The van der Waals surface area contributed by atoms with Crippen LogP contribution >= 0.6 is 23.2 Å². The molecular weight excluding hydrogens is 514 g/mol. The van der Waals surface area contributed by atoms with Crippen molar-refractivity contribution in [2.24, 2.45) is 5.16 Å². The Bertz CT molecular complexity index is 1160. The number of aliphatic hydroxyl groups excluding tert-OH is 1. The van der Waals surface area contributed by atoms with Gasteiger partial charge in [0.1, 0.15) is 0 Å². The lowest BCUT2D eigenvalue weighted by molar-refractivity contribution is -0.275. The molecule has 0 saturated carbocycles. The first-order chi connectivity index (χ1) is 16.3. The Morgan fingerprint density at radius 3 is 2.34 bits per heavy atom. The number of carbonyl (C=O) groups excluding carboxylic acids is 1. The van der Waals surface area contributed by atoms with E-state index < -0.39 is 36.3 Å². The number of amides is 2. The molecular formula is C22H20Cl2F3N3O5. The van der Waals surface area contributed by atoms with Gasteiger partial charge in [-0.05, 0) is 48.4 Å².